The maximum atomic E-state index is 12.6. The van der Waals surface area contributed by atoms with Crippen LogP contribution in [0.25, 0.3) is 0 Å². The molecule has 2 aromatic rings. The number of nitrogens with zero attached hydrogens (tertiary/aromatic N) is 2. The van der Waals surface area contributed by atoms with Gasteiger partial charge in [-0.05, 0) is 37.1 Å². The quantitative estimate of drug-likeness (QED) is 0.910. The first-order valence-electron chi connectivity index (χ1n) is 8.25. The van der Waals surface area contributed by atoms with Crippen LogP contribution in [0.2, 0.25) is 4.34 Å². The van der Waals surface area contributed by atoms with E-state index in [4.69, 9.17) is 11.6 Å². The number of nitrogens with one attached hydrogen (secondary N) is 1. The zero-order valence-electron chi connectivity index (χ0n) is 13.4. The highest BCUT2D eigenvalue weighted by molar-refractivity contribution is 7.16. The van der Waals surface area contributed by atoms with Crippen molar-refractivity contribution in [2.45, 2.75) is 24.9 Å². The average molecular weight is 362 g/mol. The van der Waals surface area contributed by atoms with E-state index >= 15 is 0 Å². The minimum atomic E-state index is -0.398. The molecule has 0 aliphatic carbocycles. The molecule has 126 valence electrons. The summed E-state index contributed by atoms with van der Waals surface area (Å²) >= 11 is 7.66. The molecule has 2 aliphatic heterocycles. The van der Waals surface area contributed by atoms with Crippen LogP contribution in [0.3, 0.4) is 0 Å². The van der Waals surface area contributed by atoms with Crippen molar-refractivity contribution in [1.82, 2.24) is 10.2 Å². The summed E-state index contributed by atoms with van der Waals surface area (Å²) in [5.41, 5.74) is 0.722. The molecule has 1 spiro atoms. The highest BCUT2D eigenvalue weighted by Crippen LogP contribution is 2.36. The molecule has 3 heterocycles. The Morgan fingerprint density at radius 2 is 1.88 bits per heavy atom. The highest BCUT2D eigenvalue weighted by atomic mass is 35.5. The lowest BCUT2D eigenvalue weighted by Crippen LogP contribution is -2.56. The van der Waals surface area contributed by atoms with Crippen molar-refractivity contribution < 1.29 is 4.79 Å². The predicted octanol–water partition coefficient (Wildman–Crippen LogP) is 3.33. The van der Waals surface area contributed by atoms with Gasteiger partial charge in [-0.3, -0.25) is 9.69 Å². The van der Waals surface area contributed by atoms with Crippen LogP contribution in [0.5, 0.6) is 0 Å². The fraction of sp³-hybridized carbons (Fsp3) is 0.389. The lowest BCUT2D eigenvalue weighted by atomic mass is 9.85. The Bertz CT molecular complexity index is 725. The number of amides is 1. The van der Waals surface area contributed by atoms with Crippen molar-refractivity contribution in [2.24, 2.45) is 0 Å². The maximum absolute atomic E-state index is 12.6. The Balaban J connectivity index is 1.48. The number of para-hydroxylation sites is 1. The monoisotopic (exact) mass is 361 g/mol. The van der Waals surface area contributed by atoms with Gasteiger partial charge in [-0.15, -0.1) is 11.3 Å². The average Bonchev–Trinajstić information content (AvgIpc) is 3.15. The first-order chi connectivity index (χ1) is 11.7. The minimum absolute atomic E-state index is 0.171. The standard InChI is InChI=1S/C18H20ClN3OS/c19-16-7-6-15(24-16)12-21-10-8-18(9-11-21)17(23)20-13-22(18)14-4-2-1-3-5-14/h1-7H,8-13H2,(H,20,23). The number of hydrogen-bond donors (Lipinski definition) is 1. The van der Waals surface area contributed by atoms with Crippen molar-refractivity contribution in [1.29, 1.82) is 0 Å². The number of halogens is 1. The number of likely N-dealkylation sites (tertiary alicyclic amines) is 1. The fourth-order valence-corrected chi connectivity index (χ4v) is 4.90. The second-order valence-electron chi connectivity index (χ2n) is 6.44. The van der Waals surface area contributed by atoms with Crippen LogP contribution in [0.4, 0.5) is 5.69 Å². The first-order valence-corrected chi connectivity index (χ1v) is 9.44. The minimum Gasteiger partial charge on any atom is -0.339 e. The lowest BCUT2D eigenvalue weighted by Gasteiger charge is -2.43. The van der Waals surface area contributed by atoms with Gasteiger partial charge in [0.15, 0.2) is 0 Å². The van der Waals surface area contributed by atoms with Crippen molar-refractivity contribution >= 4 is 34.5 Å². The van der Waals surface area contributed by atoms with E-state index in [-0.39, 0.29) is 5.91 Å². The van der Waals surface area contributed by atoms with E-state index in [2.05, 4.69) is 33.3 Å². The van der Waals surface area contributed by atoms with Gasteiger partial charge in [0.25, 0.3) is 0 Å². The van der Waals surface area contributed by atoms with Crippen molar-refractivity contribution in [2.75, 3.05) is 24.7 Å². The number of anilines is 1. The van der Waals surface area contributed by atoms with E-state index in [1.807, 2.05) is 24.3 Å². The van der Waals surface area contributed by atoms with Gasteiger partial charge in [-0.2, -0.15) is 0 Å². The number of benzene rings is 1. The van der Waals surface area contributed by atoms with Gasteiger partial charge < -0.3 is 10.2 Å². The topological polar surface area (TPSA) is 35.6 Å². The first kappa shape index (κ1) is 15.9. The number of hydrogen-bond acceptors (Lipinski definition) is 4. The Hall–Kier alpha value is -1.56. The molecule has 4 nitrogen and oxygen atoms in total. The lowest BCUT2D eigenvalue weighted by molar-refractivity contribution is -0.125. The molecule has 2 saturated heterocycles. The molecule has 2 fully saturated rings. The number of carbonyl (C=O) groups is 1. The highest BCUT2D eigenvalue weighted by Gasteiger charge is 2.50. The molecule has 4 rings (SSSR count). The van der Waals surface area contributed by atoms with E-state index < -0.39 is 5.54 Å². The largest absolute Gasteiger partial charge is 0.339 e. The summed E-state index contributed by atoms with van der Waals surface area (Å²) in [6, 6.07) is 14.3. The van der Waals surface area contributed by atoms with Crippen molar-refractivity contribution in [3.05, 3.63) is 51.7 Å². The van der Waals surface area contributed by atoms with Crippen LogP contribution in [-0.2, 0) is 11.3 Å². The van der Waals surface area contributed by atoms with Gasteiger partial charge in [-0.1, -0.05) is 29.8 Å². The van der Waals surface area contributed by atoms with Gasteiger partial charge in [0.05, 0.1) is 11.0 Å². The Morgan fingerprint density at radius 1 is 1.12 bits per heavy atom. The Labute approximate surface area is 151 Å². The summed E-state index contributed by atoms with van der Waals surface area (Å²) in [5, 5.41) is 3.05. The third kappa shape index (κ3) is 2.81. The summed E-state index contributed by atoms with van der Waals surface area (Å²) in [4.78, 5) is 18.6. The van der Waals surface area contributed by atoms with E-state index in [1.54, 1.807) is 11.3 Å². The Kier molecular flexibility index (Phi) is 4.24. The number of piperidine rings is 1. The zero-order chi connectivity index (χ0) is 16.6. The van der Waals surface area contributed by atoms with Crippen LogP contribution < -0.4 is 10.2 Å². The summed E-state index contributed by atoms with van der Waals surface area (Å²) in [6.45, 7) is 3.36. The van der Waals surface area contributed by atoms with Crippen LogP contribution in [0.15, 0.2) is 42.5 Å². The van der Waals surface area contributed by atoms with Crippen LogP contribution in [0.1, 0.15) is 17.7 Å². The molecule has 0 atom stereocenters. The van der Waals surface area contributed by atoms with Gasteiger partial charge >= 0.3 is 0 Å². The van der Waals surface area contributed by atoms with Gasteiger partial charge in [0, 0.05) is 30.2 Å². The van der Waals surface area contributed by atoms with E-state index in [0.29, 0.717) is 6.67 Å². The summed E-state index contributed by atoms with van der Waals surface area (Å²) in [7, 11) is 0. The molecule has 0 unspecified atom stereocenters. The van der Waals surface area contributed by atoms with Gasteiger partial charge in [0.2, 0.25) is 5.91 Å². The predicted molar refractivity (Wildman–Crippen MR) is 98.5 cm³/mol. The molecule has 1 N–H and O–H groups in total. The van der Waals surface area contributed by atoms with Crippen LogP contribution in [0, 0.1) is 0 Å². The zero-order valence-corrected chi connectivity index (χ0v) is 14.9. The number of carbonyl (C=O) groups excluding carboxylic acids is 1. The SMILES string of the molecule is O=C1NCN(c2ccccc2)C12CCN(Cc1ccc(Cl)s1)CC2. The van der Waals surface area contributed by atoms with E-state index in [1.165, 1.54) is 4.88 Å². The molecule has 1 aromatic carbocycles. The Morgan fingerprint density at radius 3 is 2.54 bits per heavy atom. The van der Waals surface area contributed by atoms with Crippen LogP contribution in [-0.4, -0.2) is 36.1 Å². The molecule has 2 aliphatic rings. The van der Waals surface area contributed by atoms with Gasteiger partial charge in [-0.25, -0.2) is 0 Å². The molecule has 0 radical (unpaired) electrons. The number of thiophene rings is 1. The molecule has 0 saturated carbocycles. The molecule has 24 heavy (non-hydrogen) atoms. The molecule has 6 heteroatoms. The third-order valence-electron chi connectivity index (χ3n) is 5.10. The summed E-state index contributed by atoms with van der Waals surface area (Å²) in [6.07, 6.45) is 1.71. The molecular weight excluding hydrogens is 342 g/mol. The fourth-order valence-electron chi connectivity index (χ4n) is 3.77. The maximum Gasteiger partial charge on any atom is 0.247 e. The molecule has 1 aromatic heterocycles. The van der Waals surface area contributed by atoms with E-state index in [9.17, 15) is 4.79 Å². The molecule has 0 bridgehead atoms. The van der Waals surface area contributed by atoms with Crippen molar-refractivity contribution in [3.8, 4) is 0 Å². The summed E-state index contributed by atoms with van der Waals surface area (Å²) < 4.78 is 0.837. The second-order valence-corrected chi connectivity index (χ2v) is 8.24. The molecular formula is C18H20ClN3OS. The molecule has 1 amide bonds. The smallest absolute Gasteiger partial charge is 0.247 e. The second kappa shape index (κ2) is 6.39. The van der Waals surface area contributed by atoms with Crippen LogP contribution >= 0.6 is 22.9 Å². The normalized spacial score (nSPS) is 20.5. The number of rotatable bonds is 3. The van der Waals surface area contributed by atoms with Gasteiger partial charge in [0.1, 0.15) is 5.54 Å². The summed E-state index contributed by atoms with van der Waals surface area (Å²) in [5.74, 6) is 0.171. The van der Waals surface area contributed by atoms with Crippen molar-refractivity contribution in [3.63, 3.8) is 0 Å². The third-order valence-corrected chi connectivity index (χ3v) is 6.31. The van der Waals surface area contributed by atoms with E-state index in [0.717, 1.165) is 42.5 Å².